The first-order valence-electron chi connectivity index (χ1n) is 12.3. The Morgan fingerprint density at radius 2 is 0.720 bits per heavy atom. The van der Waals surface area contributed by atoms with Gasteiger partial charge in [-0.2, -0.15) is 0 Å². The van der Waals surface area contributed by atoms with Crippen molar-refractivity contribution in [3.8, 4) is 0 Å². The number of hydrogen-bond donors (Lipinski definition) is 0. The van der Waals surface area contributed by atoms with Crippen molar-refractivity contribution in [2.45, 2.75) is 89.3 Å². The van der Waals surface area contributed by atoms with Crippen molar-refractivity contribution in [3.05, 3.63) is 0 Å². The minimum absolute atomic E-state index is 1.07. The lowest BCUT2D eigenvalue weighted by Gasteiger charge is -2.58. The van der Waals surface area contributed by atoms with Crippen molar-refractivity contribution in [3.63, 3.8) is 0 Å². The molecular formula is C24H39B. The van der Waals surface area contributed by atoms with E-state index in [0.29, 0.717) is 0 Å². The Morgan fingerprint density at radius 1 is 0.360 bits per heavy atom. The van der Waals surface area contributed by atoms with Crippen molar-refractivity contribution in [2.24, 2.45) is 59.2 Å². The molecule has 25 heavy (non-hydrogen) atoms. The summed E-state index contributed by atoms with van der Waals surface area (Å²) in [6.45, 7) is 0. The molecule has 6 fully saturated rings. The standard InChI is InChI=1S/C24H39B/c25-24-22-12-13-23(24)21-11-10-20(21)19-9-8-18(19)16-6-4-14(16)2-1-3-15-5-7-17(15)22/h14-24H,1-13,25H2. The summed E-state index contributed by atoms with van der Waals surface area (Å²) >= 11 is 0. The predicted octanol–water partition coefficient (Wildman–Crippen LogP) is 5.72. The van der Waals surface area contributed by atoms with E-state index in [0.717, 1.165) is 41.3 Å². The van der Waals surface area contributed by atoms with Gasteiger partial charge >= 0.3 is 0 Å². The van der Waals surface area contributed by atoms with E-state index in [1.807, 2.05) is 0 Å². The first kappa shape index (κ1) is 16.1. The zero-order chi connectivity index (χ0) is 16.5. The third kappa shape index (κ3) is 2.32. The monoisotopic (exact) mass is 338 g/mol. The first-order chi connectivity index (χ1) is 12.3. The molecule has 0 aromatic heterocycles. The lowest BCUT2D eigenvalue weighted by Crippen LogP contribution is -2.50. The average molecular weight is 338 g/mol. The molecule has 0 aliphatic heterocycles. The second-order valence-corrected chi connectivity index (χ2v) is 11.5. The van der Waals surface area contributed by atoms with E-state index in [4.69, 9.17) is 0 Å². The Morgan fingerprint density at radius 3 is 1.20 bits per heavy atom. The third-order valence-electron chi connectivity index (χ3n) is 11.3. The molecule has 138 valence electrons. The predicted molar refractivity (Wildman–Crippen MR) is 107 cm³/mol. The van der Waals surface area contributed by atoms with Crippen LogP contribution < -0.4 is 0 Å². The van der Waals surface area contributed by atoms with Crippen LogP contribution in [0.2, 0.25) is 5.82 Å². The molecule has 0 amide bonds. The van der Waals surface area contributed by atoms with Crippen LogP contribution in [-0.2, 0) is 0 Å². The van der Waals surface area contributed by atoms with Gasteiger partial charge in [0, 0.05) is 0 Å². The zero-order valence-corrected chi connectivity index (χ0v) is 16.5. The zero-order valence-electron chi connectivity index (χ0n) is 16.5. The molecule has 2 bridgehead atoms. The van der Waals surface area contributed by atoms with Crippen LogP contribution in [0, 0.1) is 59.2 Å². The molecule has 0 N–H and O–H groups in total. The van der Waals surface area contributed by atoms with Gasteiger partial charge in [-0.1, -0.05) is 37.9 Å². The van der Waals surface area contributed by atoms with Crippen LogP contribution in [-0.4, -0.2) is 7.85 Å². The molecule has 0 aromatic rings. The topological polar surface area (TPSA) is 0 Å². The van der Waals surface area contributed by atoms with Crippen molar-refractivity contribution in [1.82, 2.24) is 0 Å². The molecule has 6 saturated carbocycles. The van der Waals surface area contributed by atoms with Crippen LogP contribution in [0.1, 0.15) is 83.5 Å². The van der Waals surface area contributed by atoms with Crippen LogP contribution >= 0.6 is 0 Å². The molecule has 11 unspecified atom stereocenters. The van der Waals surface area contributed by atoms with Gasteiger partial charge in [0.2, 0.25) is 0 Å². The molecule has 1 heteroatoms. The largest absolute Gasteiger partial charge is 0.106 e. The molecule has 11 atom stereocenters. The van der Waals surface area contributed by atoms with Crippen molar-refractivity contribution < 1.29 is 0 Å². The lowest BCUT2D eigenvalue weighted by molar-refractivity contribution is -0.0792. The SMILES string of the molecule is BC1C2CCC1C1CCC1C1CCC1C1CCC1CCCC1CCC12. The van der Waals surface area contributed by atoms with Gasteiger partial charge in [-0.05, 0) is 111 Å². The van der Waals surface area contributed by atoms with Gasteiger partial charge in [0.05, 0.1) is 0 Å². The smallest absolute Gasteiger partial charge is 0.0636 e. The Balaban J connectivity index is 1.25. The van der Waals surface area contributed by atoms with Crippen LogP contribution in [0.5, 0.6) is 0 Å². The van der Waals surface area contributed by atoms with Crippen molar-refractivity contribution >= 4 is 7.85 Å². The molecule has 0 saturated heterocycles. The summed E-state index contributed by atoms with van der Waals surface area (Å²) in [5, 5.41) is 0. The van der Waals surface area contributed by atoms with Crippen LogP contribution in [0.25, 0.3) is 0 Å². The summed E-state index contributed by atoms with van der Waals surface area (Å²) in [6.07, 6.45) is 20.8. The normalized spacial score (nSPS) is 60.1. The summed E-state index contributed by atoms with van der Waals surface area (Å²) in [4.78, 5) is 0. The summed E-state index contributed by atoms with van der Waals surface area (Å²) in [5.74, 6) is 12.6. The van der Waals surface area contributed by atoms with E-state index < -0.39 is 0 Å². The molecule has 0 nitrogen and oxygen atoms in total. The first-order valence-corrected chi connectivity index (χ1v) is 12.3. The summed E-state index contributed by atoms with van der Waals surface area (Å²) in [7, 11) is 2.69. The van der Waals surface area contributed by atoms with Gasteiger partial charge in [-0.15, -0.1) is 0 Å². The minimum atomic E-state index is 1.07. The molecular weight excluding hydrogens is 299 g/mol. The fraction of sp³-hybridized carbons (Fsp3) is 1.00. The van der Waals surface area contributed by atoms with E-state index in [1.165, 1.54) is 23.7 Å². The van der Waals surface area contributed by atoms with Gasteiger partial charge in [-0.3, -0.25) is 0 Å². The number of hydrogen-bond acceptors (Lipinski definition) is 0. The van der Waals surface area contributed by atoms with Gasteiger partial charge < -0.3 is 0 Å². The Hall–Kier alpha value is 0.0649. The summed E-state index contributed by atoms with van der Waals surface area (Å²) in [5.41, 5.74) is 0. The van der Waals surface area contributed by atoms with Gasteiger partial charge in [0.15, 0.2) is 0 Å². The fourth-order valence-corrected chi connectivity index (χ4v) is 9.34. The highest BCUT2D eigenvalue weighted by Gasteiger charge is 2.54. The molecule has 0 radical (unpaired) electrons. The van der Waals surface area contributed by atoms with Gasteiger partial charge in [0.1, 0.15) is 7.85 Å². The quantitative estimate of drug-likeness (QED) is 0.495. The fourth-order valence-electron chi connectivity index (χ4n) is 9.34. The molecule has 6 aliphatic rings. The maximum atomic E-state index is 2.69. The molecule has 6 aliphatic carbocycles. The molecule has 0 aromatic carbocycles. The van der Waals surface area contributed by atoms with Crippen LogP contribution in [0.4, 0.5) is 0 Å². The van der Waals surface area contributed by atoms with Gasteiger partial charge in [0.25, 0.3) is 0 Å². The maximum Gasteiger partial charge on any atom is 0.106 e. The highest BCUT2D eigenvalue weighted by Crippen LogP contribution is 2.64. The van der Waals surface area contributed by atoms with E-state index >= 15 is 0 Å². The van der Waals surface area contributed by atoms with Crippen molar-refractivity contribution in [1.29, 1.82) is 0 Å². The molecule has 0 heterocycles. The second-order valence-electron chi connectivity index (χ2n) is 11.5. The van der Waals surface area contributed by atoms with Crippen LogP contribution in [0.3, 0.4) is 0 Å². The van der Waals surface area contributed by atoms with E-state index in [2.05, 4.69) is 7.85 Å². The maximum absolute atomic E-state index is 2.69. The van der Waals surface area contributed by atoms with E-state index in [-0.39, 0.29) is 0 Å². The van der Waals surface area contributed by atoms with Gasteiger partial charge in [-0.25, -0.2) is 0 Å². The third-order valence-corrected chi connectivity index (χ3v) is 11.3. The average Bonchev–Trinajstić information content (AvgIpc) is 2.86. The Bertz CT molecular complexity index is 514. The van der Waals surface area contributed by atoms with Crippen LogP contribution in [0.15, 0.2) is 0 Å². The van der Waals surface area contributed by atoms with E-state index in [1.54, 1.807) is 83.5 Å². The summed E-state index contributed by atoms with van der Waals surface area (Å²) in [6, 6.07) is 0. The highest BCUT2D eigenvalue weighted by molar-refractivity contribution is 6.12. The molecule has 0 spiro atoms. The summed E-state index contributed by atoms with van der Waals surface area (Å²) < 4.78 is 0. The Kier molecular flexibility index (Phi) is 3.88. The number of rotatable bonds is 0. The van der Waals surface area contributed by atoms with E-state index in [9.17, 15) is 0 Å². The highest BCUT2D eigenvalue weighted by atomic mass is 14.6. The lowest BCUT2D eigenvalue weighted by atomic mass is 9.46. The minimum Gasteiger partial charge on any atom is -0.0636 e. The Labute approximate surface area is 156 Å². The van der Waals surface area contributed by atoms with Crippen molar-refractivity contribution in [2.75, 3.05) is 0 Å². The second kappa shape index (κ2) is 6.03. The number of fused-ring (bicyclic) bond motifs is 10. The molecule has 6 rings (SSSR count).